The topological polar surface area (TPSA) is 66.8 Å². The van der Waals surface area contributed by atoms with Crippen LogP contribution in [0.5, 0.6) is 5.75 Å². The summed E-state index contributed by atoms with van der Waals surface area (Å²) in [6.45, 7) is 1.79. The second kappa shape index (κ2) is 4.62. The van der Waals surface area contributed by atoms with Crippen LogP contribution in [0.1, 0.15) is 22.8 Å². The van der Waals surface area contributed by atoms with Gasteiger partial charge in [-0.1, -0.05) is 6.07 Å². The Bertz CT molecular complexity index is 333. The van der Waals surface area contributed by atoms with Gasteiger partial charge < -0.3 is 14.9 Å². The Morgan fingerprint density at radius 3 is 2.71 bits per heavy atom. The molecule has 0 atom stereocenters. The number of esters is 1. The number of benzene rings is 1. The zero-order valence-corrected chi connectivity index (χ0v) is 7.86. The third kappa shape index (κ3) is 2.23. The molecule has 0 bridgehead atoms. The summed E-state index contributed by atoms with van der Waals surface area (Å²) in [6.07, 6.45) is 0. The zero-order valence-electron chi connectivity index (χ0n) is 7.86. The van der Waals surface area contributed by atoms with Crippen LogP contribution in [0.15, 0.2) is 18.2 Å². The number of aliphatic hydroxyl groups excluding tert-OH is 1. The van der Waals surface area contributed by atoms with Crippen molar-refractivity contribution in [3.63, 3.8) is 0 Å². The average Bonchev–Trinajstić information content (AvgIpc) is 2.17. The van der Waals surface area contributed by atoms with Crippen LogP contribution in [0.25, 0.3) is 0 Å². The van der Waals surface area contributed by atoms with E-state index in [9.17, 15) is 9.90 Å². The SMILES string of the molecule is CCOC(=O)c1ccc(CO)cc1O. The van der Waals surface area contributed by atoms with E-state index in [1.807, 2.05) is 0 Å². The summed E-state index contributed by atoms with van der Waals surface area (Å²) >= 11 is 0. The van der Waals surface area contributed by atoms with Crippen molar-refractivity contribution in [1.29, 1.82) is 0 Å². The molecule has 1 aromatic rings. The van der Waals surface area contributed by atoms with Gasteiger partial charge in [0.15, 0.2) is 0 Å². The van der Waals surface area contributed by atoms with Gasteiger partial charge in [0.1, 0.15) is 11.3 Å². The molecule has 14 heavy (non-hydrogen) atoms. The Labute approximate surface area is 81.8 Å². The highest BCUT2D eigenvalue weighted by molar-refractivity contribution is 5.92. The van der Waals surface area contributed by atoms with E-state index in [4.69, 9.17) is 9.84 Å². The van der Waals surface area contributed by atoms with E-state index in [0.717, 1.165) is 0 Å². The first-order valence-corrected chi connectivity index (χ1v) is 4.29. The summed E-state index contributed by atoms with van der Waals surface area (Å²) in [6, 6.07) is 4.33. The second-order valence-electron chi connectivity index (χ2n) is 2.73. The molecule has 76 valence electrons. The lowest BCUT2D eigenvalue weighted by molar-refractivity contribution is 0.0523. The Balaban J connectivity index is 2.94. The van der Waals surface area contributed by atoms with Crippen LogP contribution in [0.2, 0.25) is 0 Å². The van der Waals surface area contributed by atoms with Crippen molar-refractivity contribution in [2.24, 2.45) is 0 Å². The summed E-state index contributed by atoms with van der Waals surface area (Å²) in [4.78, 5) is 11.2. The molecule has 0 aliphatic rings. The minimum Gasteiger partial charge on any atom is -0.507 e. The second-order valence-corrected chi connectivity index (χ2v) is 2.73. The van der Waals surface area contributed by atoms with Crippen molar-refractivity contribution in [3.8, 4) is 5.75 Å². The summed E-state index contributed by atoms with van der Waals surface area (Å²) in [5.74, 6) is -0.732. The predicted octanol–water partition coefficient (Wildman–Crippen LogP) is 1.06. The van der Waals surface area contributed by atoms with Gasteiger partial charge in [0, 0.05) is 0 Å². The van der Waals surface area contributed by atoms with Crippen LogP contribution >= 0.6 is 0 Å². The number of aliphatic hydroxyl groups is 1. The zero-order chi connectivity index (χ0) is 10.6. The summed E-state index contributed by atoms with van der Waals surface area (Å²) < 4.78 is 4.72. The maximum absolute atomic E-state index is 11.2. The first-order chi connectivity index (χ1) is 6.69. The van der Waals surface area contributed by atoms with E-state index in [1.54, 1.807) is 13.0 Å². The van der Waals surface area contributed by atoms with Crippen molar-refractivity contribution >= 4 is 5.97 Å². The minimum atomic E-state index is -0.561. The highest BCUT2D eigenvalue weighted by Crippen LogP contribution is 2.19. The van der Waals surface area contributed by atoms with Crippen LogP contribution < -0.4 is 0 Å². The van der Waals surface area contributed by atoms with E-state index < -0.39 is 5.97 Å². The van der Waals surface area contributed by atoms with Gasteiger partial charge in [0.05, 0.1) is 13.2 Å². The molecule has 0 amide bonds. The van der Waals surface area contributed by atoms with Crippen molar-refractivity contribution in [2.75, 3.05) is 6.61 Å². The van der Waals surface area contributed by atoms with Gasteiger partial charge in [-0.25, -0.2) is 4.79 Å². The summed E-state index contributed by atoms with van der Waals surface area (Å²) in [7, 11) is 0. The number of hydrogen-bond acceptors (Lipinski definition) is 4. The highest BCUT2D eigenvalue weighted by atomic mass is 16.5. The smallest absolute Gasteiger partial charge is 0.341 e. The standard InChI is InChI=1S/C10H12O4/c1-2-14-10(13)8-4-3-7(6-11)5-9(8)12/h3-5,11-12H,2,6H2,1H3. The number of carbonyl (C=O) groups excluding carboxylic acids is 1. The van der Waals surface area contributed by atoms with Crippen LogP contribution in [0.4, 0.5) is 0 Å². The molecule has 4 heteroatoms. The molecule has 0 spiro atoms. The minimum absolute atomic E-state index is 0.115. The lowest BCUT2D eigenvalue weighted by atomic mass is 10.1. The number of phenolic OH excluding ortho intramolecular Hbond substituents is 1. The van der Waals surface area contributed by atoms with Crippen molar-refractivity contribution in [1.82, 2.24) is 0 Å². The Morgan fingerprint density at radius 2 is 2.21 bits per heavy atom. The molecule has 0 aromatic heterocycles. The molecule has 1 aromatic carbocycles. The third-order valence-electron chi connectivity index (χ3n) is 1.74. The van der Waals surface area contributed by atoms with Gasteiger partial charge in [-0.3, -0.25) is 0 Å². The fourth-order valence-corrected chi connectivity index (χ4v) is 1.06. The fourth-order valence-electron chi connectivity index (χ4n) is 1.06. The monoisotopic (exact) mass is 196 g/mol. The first-order valence-electron chi connectivity index (χ1n) is 4.29. The number of phenols is 1. The number of aromatic hydroxyl groups is 1. The number of rotatable bonds is 3. The van der Waals surface area contributed by atoms with Gasteiger partial charge in [-0.05, 0) is 24.6 Å². The molecule has 0 heterocycles. The number of ether oxygens (including phenoxy) is 1. The number of hydrogen-bond donors (Lipinski definition) is 2. The number of carbonyl (C=O) groups is 1. The van der Waals surface area contributed by atoms with Crippen LogP contribution in [-0.2, 0) is 11.3 Å². The Morgan fingerprint density at radius 1 is 1.50 bits per heavy atom. The average molecular weight is 196 g/mol. The molecule has 2 N–H and O–H groups in total. The molecule has 0 unspecified atom stereocenters. The molecule has 1 rings (SSSR count). The molecular formula is C10H12O4. The molecule has 0 saturated heterocycles. The predicted molar refractivity (Wildman–Crippen MR) is 50.0 cm³/mol. The molecule has 0 aliphatic heterocycles. The van der Waals surface area contributed by atoms with E-state index >= 15 is 0 Å². The maximum Gasteiger partial charge on any atom is 0.341 e. The van der Waals surface area contributed by atoms with Crippen LogP contribution in [0, 0.1) is 0 Å². The van der Waals surface area contributed by atoms with Crippen LogP contribution in [-0.4, -0.2) is 22.8 Å². The normalized spacial score (nSPS) is 9.86. The largest absolute Gasteiger partial charge is 0.507 e. The summed E-state index contributed by atoms with van der Waals surface area (Å²) in [5, 5.41) is 18.2. The van der Waals surface area contributed by atoms with E-state index in [2.05, 4.69) is 0 Å². The maximum atomic E-state index is 11.2. The molecule has 0 radical (unpaired) electrons. The van der Waals surface area contributed by atoms with Crippen molar-refractivity contribution in [3.05, 3.63) is 29.3 Å². The third-order valence-corrected chi connectivity index (χ3v) is 1.74. The van der Waals surface area contributed by atoms with E-state index in [1.165, 1.54) is 12.1 Å². The van der Waals surface area contributed by atoms with E-state index in [0.29, 0.717) is 5.56 Å². The first kappa shape index (κ1) is 10.5. The van der Waals surface area contributed by atoms with Crippen molar-refractivity contribution < 1.29 is 19.7 Å². The molecular weight excluding hydrogens is 184 g/mol. The van der Waals surface area contributed by atoms with Gasteiger partial charge >= 0.3 is 5.97 Å². The van der Waals surface area contributed by atoms with Gasteiger partial charge in [-0.15, -0.1) is 0 Å². The fraction of sp³-hybridized carbons (Fsp3) is 0.300. The Kier molecular flexibility index (Phi) is 3.48. The van der Waals surface area contributed by atoms with Gasteiger partial charge in [0.25, 0.3) is 0 Å². The molecule has 0 saturated carbocycles. The van der Waals surface area contributed by atoms with Gasteiger partial charge in [-0.2, -0.15) is 0 Å². The lowest BCUT2D eigenvalue weighted by Gasteiger charge is -2.05. The Hall–Kier alpha value is -1.55. The van der Waals surface area contributed by atoms with E-state index in [-0.39, 0.29) is 24.5 Å². The molecule has 4 nitrogen and oxygen atoms in total. The van der Waals surface area contributed by atoms with Gasteiger partial charge in [0.2, 0.25) is 0 Å². The molecule has 0 fully saturated rings. The molecule has 0 aliphatic carbocycles. The highest BCUT2D eigenvalue weighted by Gasteiger charge is 2.11. The quantitative estimate of drug-likeness (QED) is 0.709. The summed E-state index contributed by atoms with van der Waals surface area (Å²) in [5.41, 5.74) is 0.666. The lowest BCUT2D eigenvalue weighted by Crippen LogP contribution is -2.05. The van der Waals surface area contributed by atoms with Crippen molar-refractivity contribution in [2.45, 2.75) is 13.5 Å². The van der Waals surface area contributed by atoms with Crippen LogP contribution in [0.3, 0.4) is 0 Å².